The summed E-state index contributed by atoms with van der Waals surface area (Å²) < 4.78 is 12.5. The van der Waals surface area contributed by atoms with Gasteiger partial charge in [0.25, 0.3) is 0 Å². The summed E-state index contributed by atoms with van der Waals surface area (Å²) in [6.07, 6.45) is 0. The van der Waals surface area contributed by atoms with Crippen molar-refractivity contribution in [2.75, 3.05) is 0 Å². The van der Waals surface area contributed by atoms with E-state index in [1.165, 1.54) is 0 Å². The fourth-order valence-corrected chi connectivity index (χ4v) is 10.6. The van der Waals surface area contributed by atoms with E-state index in [0.29, 0.717) is 20.2 Å². The molecule has 0 N–H and O–H groups in total. The van der Waals surface area contributed by atoms with E-state index in [4.69, 9.17) is 19.4 Å². The number of thiazole rings is 2. The van der Waals surface area contributed by atoms with Crippen molar-refractivity contribution >= 4 is 119 Å². The van der Waals surface area contributed by atoms with Crippen LogP contribution in [0.2, 0.25) is 0 Å². The van der Waals surface area contributed by atoms with Gasteiger partial charge in [-0.05, 0) is 69.1 Å². The van der Waals surface area contributed by atoms with Crippen molar-refractivity contribution in [1.82, 2.24) is 9.97 Å². The second kappa shape index (κ2) is 16.0. The second-order valence-corrected chi connectivity index (χ2v) is 18.1. The van der Waals surface area contributed by atoms with E-state index < -0.39 is 33.7 Å². The van der Waals surface area contributed by atoms with Gasteiger partial charge < -0.3 is 9.47 Å². The fraction of sp³-hybridized carbons (Fsp3) is 0.0370. The molecule has 0 amide bonds. The van der Waals surface area contributed by atoms with E-state index in [-0.39, 0.29) is 77.9 Å². The van der Waals surface area contributed by atoms with Crippen LogP contribution in [-0.4, -0.2) is 21.9 Å². The summed E-state index contributed by atoms with van der Waals surface area (Å²) in [5, 5.41) is 4.34. The van der Waals surface area contributed by atoms with Crippen LogP contribution in [0.4, 0.5) is 10.3 Å². The number of fused-ring (bicyclic) bond motifs is 9. The maximum Gasteiger partial charge on any atom is 0.340 e. The number of carbonyl (C=O) groups is 2. The second-order valence-electron chi connectivity index (χ2n) is 16.1. The Hall–Kier alpha value is -8.72. The summed E-state index contributed by atoms with van der Waals surface area (Å²) in [5.41, 5.74) is -0.347. The molecule has 0 aliphatic rings. The van der Waals surface area contributed by atoms with Gasteiger partial charge in [0.1, 0.15) is 13.2 Å². The molecule has 0 fully saturated rings. The molecule has 2 heterocycles. The first kappa shape index (κ1) is 40.8. The molecular formula is C54H28N4O8S2. The van der Waals surface area contributed by atoms with Gasteiger partial charge in [-0.3, -0.25) is 19.2 Å². The first-order valence-electron chi connectivity index (χ1n) is 21.2. The quantitative estimate of drug-likeness (QED) is 0.134. The van der Waals surface area contributed by atoms with Gasteiger partial charge in [0.15, 0.2) is 10.7 Å². The number of rotatable bonds is 8. The molecule has 0 bridgehead atoms. The number of ether oxygens (including phenoxy) is 2. The number of nitrogens with zero attached hydrogens (tertiary/aromatic N) is 4. The fourth-order valence-electron chi connectivity index (χ4n) is 8.66. The highest BCUT2D eigenvalue weighted by molar-refractivity contribution is 7.24. The minimum Gasteiger partial charge on any atom is -0.457 e. The molecule has 10 aromatic carbocycles. The lowest BCUT2D eigenvalue weighted by Gasteiger charge is -2.10. The molecule has 0 aliphatic heterocycles. The highest BCUT2D eigenvalue weighted by atomic mass is 32.1. The van der Waals surface area contributed by atoms with Gasteiger partial charge in [-0.25, -0.2) is 29.5 Å². The predicted octanol–water partition coefficient (Wildman–Crippen LogP) is 9.04. The molecular weight excluding hydrogens is 897 g/mol. The molecule has 0 unspecified atom stereocenters. The Bertz CT molecular complexity index is 4050. The molecule has 0 aliphatic carbocycles. The van der Waals surface area contributed by atoms with E-state index in [2.05, 4.69) is 9.98 Å². The molecule has 12 nitrogen and oxygen atoms in total. The number of carbonyl (C=O) groups excluding carboxylic acids is 2. The van der Waals surface area contributed by atoms with Crippen molar-refractivity contribution in [1.29, 1.82) is 0 Å². The third kappa shape index (κ3) is 6.81. The van der Waals surface area contributed by atoms with E-state index in [1.807, 2.05) is 109 Å². The Morgan fingerprint density at radius 2 is 0.750 bits per heavy atom. The number of hydrogen-bond acceptors (Lipinski definition) is 14. The van der Waals surface area contributed by atoms with Gasteiger partial charge in [-0.2, -0.15) is 0 Å². The molecule has 68 heavy (non-hydrogen) atoms. The topological polar surface area (TPSA) is 171 Å². The van der Waals surface area contributed by atoms with E-state index in [1.54, 1.807) is 36.4 Å². The Morgan fingerprint density at radius 1 is 0.426 bits per heavy atom. The van der Waals surface area contributed by atoms with Crippen LogP contribution in [0.15, 0.2) is 175 Å². The average Bonchev–Trinajstić information content (AvgIpc) is 4.11. The van der Waals surface area contributed by atoms with Gasteiger partial charge in [0, 0.05) is 32.3 Å². The van der Waals surface area contributed by atoms with Crippen LogP contribution in [0, 0.1) is 0 Å². The molecule has 324 valence electrons. The summed E-state index contributed by atoms with van der Waals surface area (Å²) in [6.45, 7) is -0.115. The molecule has 14 heteroatoms. The number of benzene rings is 8. The maximum atomic E-state index is 14.2. The standard InChI is InChI=1S/C54H28N4O8S2/c59-45-33-19-29-15-7-8-16-30(29)20-34(33)46(60)43(45)57-53-55-41-39(51(63)65-25-27-11-3-1-4-12-27)23-37-38(49(41)67-53)24-40(52(64)66-26-28-13-5-2-6-14-28)42-50(37)68-54(56-42)58-44-47(61)35-21-31-17-9-10-18-32(31)22-36(35)48(44)62/h1-24H,25-26H2. The summed E-state index contributed by atoms with van der Waals surface area (Å²) in [6, 6.07) is 43.0. The average molecular weight is 925 g/mol. The lowest BCUT2D eigenvalue weighted by molar-refractivity contribution is 0.0466. The van der Waals surface area contributed by atoms with Crippen LogP contribution < -0.4 is 32.4 Å². The zero-order valence-corrected chi connectivity index (χ0v) is 36.8. The Morgan fingerprint density at radius 3 is 1.09 bits per heavy atom. The summed E-state index contributed by atoms with van der Waals surface area (Å²) >= 11 is 2.03. The van der Waals surface area contributed by atoms with Gasteiger partial charge in [-0.15, -0.1) is 0 Å². The lowest BCUT2D eigenvalue weighted by atomic mass is 10.0. The van der Waals surface area contributed by atoms with Gasteiger partial charge in [0.05, 0.1) is 31.6 Å². The van der Waals surface area contributed by atoms with Crippen molar-refractivity contribution in [3.63, 3.8) is 0 Å². The Labute approximate surface area is 389 Å². The first-order valence-corrected chi connectivity index (χ1v) is 22.8. The molecule has 0 radical (unpaired) electrons. The van der Waals surface area contributed by atoms with Crippen molar-refractivity contribution in [2.24, 2.45) is 9.98 Å². The van der Waals surface area contributed by atoms with Crippen molar-refractivity contribution < 1.29 is 19.1 Å². The van der Waals surface area contributed by atoms with E-state index >= 15 is 0 Å². The van der Waals surface area contributed by atoms with Crippen LogP contribution in [0.5, 0.6) is 0 Å². The third-order valence-electron chi connectivity index (χ3n) is 12.0. The van der Waals surface area contributed by atoms with Gasteiger partial charge in [0.2, 0.25) is 32.0 Å². The number of hydrogen-bond donors (Lipinski definition) is 0. The van der Waals surface area contributed by atoms with Crippen molar-refractivity contribution in [3.8, 4) is 0 Å². The molecule has 0 saturated heterocycles. The summed E-state index contributed by atoms with van der Waals surface area (Å²) in [5.74, 6) is -1.46. The normalized spacial score (nSPS) is 11.7. The number of esters is 2. The summed E-state index contributed by atoms with van der Waals surface area (Å²) in [7, 11) is 0. The highest BCUT2D eigenvalue weighted by Gasteiger charge is 2.26. The van der Waals surface area contributed by atoms with Crippen molar-refractivity contribution in [3.05, 3.63) is 219 Å². The first-order chi connectivity index (χ1) is 33.2. The van der Waals surface area contributed by atoms with Crippen LogP contribution in [0.3, 0.4) is 0 Å². The molecule has 12 aromatic rings. The van der Waals surface area contributed by atoms with Crippen LogP contribution in [0.25, 0.3) is 74.3 Å². The summed E-state index contributed by atoms with van der Waals surface area (Å²) in [4.78, 5) is 102. The third-order valence-corrected chi connectivity index (χ3v) is 14.0. The molecule has 0 atom stereocenters. The highest BCUT2D eigenvalue weighted by Crippen LogP contribution is 2.43. The minimum absolute atomic E-state index is 0.00819. The largest absolute Gasteiger partial charge is 0.457 e. The molecule has 12 rings (SSSR count). The van der Waals surface area contributed by atoms with Gasteiger partial charge in [-0.1, -0.05) is 132 Å². The predicted molar refractivity (Wildman–Crippen MR) is 265 cm³/mol. The minimum atomic E-state index is -0.728. The van der Waals surface area contributed by atoms with Crippen LogP contribution in [0.1, 0.15) is 31.8 Å². The Kier molecular flexibility index (Phi) is 9.60. The van der Waals surface area contributed by atoms with Crippen molar-refractivity contribution in [2.45, 2.75) is 13.2 Å². The Balaban J connectivity index is 1.09. The zero-order chi connectivity index (χ0) is 46.2. The molecule has 0 spiro atoms. The van der Waals surface area contributed by atoms with Crippen LogP contribution in [-0.2, 0) is 22.7 Å². The zero-order valence-electron chi connectivity index (χ0n) is 35.1. The van der Waals surface area contributed by atoms with E-state index in [9.17, 15) is 28.8 Å². The van der Waals surface area contributed by atoms with Gasteiger partial charge >= 0.3 is 11.9 Å². The van der Waals surface area contributed by atoms with E-state index in [0.717, 1.165) is 55.3 Å². The maximum absolute atomic E-state index is 14.2. The lowest BCUT2D eigenvalue weighted by Crippen LogP contribution is -2.31. The monoisotopic (exact) mass is 924 g/mol. The SMILES string of the molecule is O=C(OCc1ccccc1)c1cc2c(cc(C(=O)OCc3ccccc3)c3nc(N=c4c(=O)c5cc6ccccc6cc5c4=O)sc32)c2sc(N=c3c(=O)c4cc5ccccc5cc4c3=O)nc12. The number of aromatic nitrogens is 2. The molecule has 0 saturated carbocycles. The molecule has 2 aromatic heterocycles. The van der Waals surface area contributed by atoms with Crippen LogP contribution >= 0.6 is 22.7 Å². The smallest absolute Gasteiger partial charge is 0.340 e.